The zero-order chi connectivity index (χ0) is 12.2. The maximum atomic E-state index is 11.3. The van der Waals surface area contributed by atoms with Gasteiger partial charge in [-0.3, -0.25) is 15.0 Å². The number of primary amides is 1. The van der Waals surface area contributed by atoms with Crippen LogP contribution in [0.2, 0.25) is 0 Å². The molecule has 0 aromatic carbocycles. The third-order valence-electron chi connectivity index (χ3n) is 2.84. The van der Waals surface area contributed by atoms with Gasteiger partial charge in [0.15, 0.2) is 0 Å². The molecule has 0 aliphatic carbocycles. The second-order valence-corrected chi connectivity index (χ2v) is 4.64. The first-order valence-corrected chi connectivity index (χ1v) is 5.47. The van der Waals surface area contributed by atoms with Crippen LogP contribution in [-0.2, 0) is 4.79 Å². The third kappa shape index (κ3) is 3.79. The first-order valence-electron chi connectivity index (χ1n) is 5.47. The zero-order valence-corrected chi connectivity index (χ0v) is 9.88. The van der Waals surface area contributed by atoms with Gasteiger partial charge in [-0.1, -0.05) is 0 Å². The fourth-order valence-electron chi connectivity index (χ4n) is 1.87. The number of carbonyl (C=O) groups excluding carboxylic acids is 2. The van der Waals surface area contributed by atoms with Crippen molar-refractivity contribution in [3.05, 3.63) is 0 Å². The summed E-state index contributed by atoms with van der Waals surface area (Å²) in [7, 11) is 0. The molecule has 92 valence electrons. The predicted octanol–water partition coefficient (Wildman–Crippen LogP) is -0.745. The molecule has 16 heavy (non-hydrogen) atoms. The number of rotatable bonds is 3. The van der Waals surface area contributed by atoms with Gasteiger partial charge in [-0.05, 0) is 13.8 Å². The number of hydrogen-bond donors (Lipinski definition) is 3. The van der Waals surface area contributed by atoms with Crippen LogP contribution in [-0.4, -0.2) is 48.6 Å². The van der Waals surface area contributed by atoms with Gasteiger partial charge in [-0.15, -0.1) is 0 Å². The van der Waals surface area contributed by atoms with Crippen LogP contribution in [0.4, 0.5) is 4.79 Å². The minimum Gasteiger partial charge on any atom is -0.351 e. The molecule has 3 amide bonds. The molecule has 0 atom stereocenters. The molecule has 1 heterocycles. The van der Waals surface area contributed by atoms with Crippen molar-refractivity contribution in [3.63, 3.8) is 0 Å². The van der Waals surface area contributed by atoms with Gasteiger partial charge in [0.1, 0.15) is 0 Å². The number of nitrogens with zero attached hydrogens (tertiary/aromatic N) is 1. The minimum absolute atomic E-state index is 0.0469. The SMILES string of the molecule is CC1(C)CNCCN1CCC(=O)NC(N)=O. The Morgan fingerprint density at radius 3 is 2.75 bits per heavy atom. The number of amides is 3. The van der Waals surface area contributed by atoms with E-state index in [0.29, 0.717) is 13.0 Å². The Morgan fingerprint density at radius 1 is 1.50 bits per heavy atom. The van der Waals surface area contributed by atoms with E-state index in [9.17, 15) is 9.59 Å². The monoisotopic (exact) mass is 228 g/mol. The summed E-state index contributed by atoms with van der Waals surface area (Å²) in [4.78, 5) is 23.9. The largest absolute Gasteiger partial charge is 0.351 e. The molecule has 1 fully saturated rings. The summed E-state index contributed by atoms with van der Waals surface area (Å²) in [6.45, 7) is 7.66. The summed E-state index contributed by atoms with van der Waals surface area (Å²) in [5, 5.41) is 5.38. The number of carbonyl (C=O) groups is 2. The Hall–Kier alpha value is -1.14. The average molecular weight is 228 g/mol. The Kier molecular flexibility index (Phi) is 4.26. The lowest BCUT2D eigenvalue weighted by Gasteiger charge is -2.42. The van der Waals surface area contributed by atoms with Crippen molar-refractivity contribution in [1.29, 1.82) is 0 Å². The fraction of sp³-hybridized carbons (Fsp3) is 0.800. The van der Waals surface area contributed by atoms with Crippen LogP contribution in [0, 0.1) is 0 Å². The van der Waals surface area contributed by atoms with Gasteiger partial charge >= 0.3 is 6.03 Å². The first-order chi connectivity index (χ1) is 7.42. The molecular formula is C10H20N4O2. The van der Waals surface area contributed by atoms with Crippen molar-refractivity contribution in [2.75, 3.05) is 26.2 Å². The van der Waals surface area contributed by atoms with Crippen LogP contribution < -0.4 is 16.4 Å². The first kappa shape index (κ1) is 12.9. The number of urea groups is 1. The third-order valence-corrected chi connectivity index (χ3v) is 2.84. The number of nitrogens with two attached hydrogens (primary N) is 1. The van der Waals surface area contributed by atoms with Crippen molar-refractivity contribution in [3.8, 4) is 0 Å². The van der Waals surface area contributed by atoms with Crippen molar-refractivity contribution in [2.24, 2.45) is 5.73 Å². The van der Waals surface area contributed by atoms with E-state index in [2.05, 4.69) is 29.4 Å². The van der Waals surface area contributed by atoms with Crippen LogP contribution in [0.3, 0.4) is 0 Å². The molecule has 0 aromatic heterocycles. The van der Waals surface area contributed by atoms with Gasteiger partial charge in [0.2, 0.25) is 5.91 Å². The molecule has 0 aromatic rings. The van der Waals surface area contributed by atoms with Gasteiger partial charge in [0.05, 0.1) is 0 Å². The van der Waals surface area contributed by atoms with Crippen molar-refractivity contribution in [1.82, 2.24) is 15.5 Å². The Morgan fingerprint density at radius 2 is 2.19 bits per heavy atom. The average Bonchev–Trinajstić information content (AvgIpc) is 2.14. The quantitative estimate of drug-likeness (QED) is 0.593. The van der Waals surface area contributed by atoms with Gasteiger partial charge in [-0.25, -0.2) is 4.79 Å². The van der Waals surface area contributed by atoms with Crippen LogP contribution in [0.25, 0.3) is 0 Å². The minimum atomic E-state index is -0.787. The summed E-state index contributed by atoms with van der Waals surface area (Å²) in [5.41, 5.74) is 4.91. The molecule has 0 radical (unpaired) electrons. The van der Waals surface area contributed by atoms with Crippen LogP contribution in [0.15, 0.2) is 0 Å². The fourth-order valence-corrected chi connectivity index (χ4v) is 1.87. The van der Waals surface area contributed by atoms with E-state index in [1.165, 1.54) is 0 Å². The van der Waals surface area contributed by atoms with Crippen LogP contribution in [0.5, 0.6) is 0 Å². The highest BCUT2D eigenvalue weighted by atomic mass is 16.2. The molecular weight excluding hydrogens is 208 g/mol. The lowest BCUT2D eigenvalue weighted by atomic mass is 10.00. The highest BCUT2D eigenvalue weighted by Gasteiger charge is 2.29. The number of piperazine rings is 1. The summed E-state index contributed by atoms with van der Waals surface area (Å²) < 4.78 is 0. The van der Waals surface area contributed by atoms with Crippen molar-refractivity contribution >= 4 is 11.9 Å². The standard InChI is InChI=1S/C10H20N4O2/c1-10(2)7-12-4-6-14(10)5-3-8(15)13-9(11)16/h12H,3-7H2,1-2H3,(H3,11,13,15,16). The van der Waals surface area contributed by atoms with Gasteiger partial charge in [0, 0.05) is 38.1 Å². The Balaban J connectivity index is 2.36. The highest BCUT2D eigenvalue weighted by molar-refractivity contribution is 5.93. The summed E-state index contributed by atoms with van der Waals surface area (Å²) in [6.07, 6.45) is 0.298. The van der Waals surface area contributed by atoms with Crippen molar-refractivity contribution < 1.29 is 9.59 Å². The lowest BCUT2D eigenvalue weighted by molar-refractivity contribution is -0.120. The smallest absolute Gasteiger partial charge is 0.318 e. The van der Waals surface area contributed by atoms with Crippen LogP contribution >= 0.6 is 0 Å². The second kappa shape index (κ2) is 5.27. The summed E-state index contributed by atoms with van der Waals surface area (Å²) in [6, 6.07) is -0.787. The van der Waals surface area contributed by atoms with E-state index in [4.69, 9.17) is 5.73 Å². The second-order valence-electron chi connectivity index (χ2n) is 4.64. The van der Waals surface area contributed by atoms with E-state index in [-0.39, 0.29) is 11.4 Å². The molecule has 6 nitrogen and oxygen atoms in total. The molecule has 0 bridgehead atoms. The van der Waals surface area contributed by atoms with E-state index in [1.807, 2.05) is 0 Å². The topological polar surface area (TPSA) is 87.5 Å². The number of hydrogen-bond acceptors (Lipinski definition) is 4. The molecule has 1 saturated heterocycles. The Labute approximate surface area is 95.5 Å². The van der Waals surface area contributed by atoms with Gasteiger partial charge < -0.3 is 11.1 Å². The van der Waals surface area contributed by atoms with E-state index < -0.39 is 6.03 Å². The maximum absolute atomic E-state index is 11.3. The Bertz CT molecular complexity index is 278. The molecule has 1 aliphatic heterocycles. The van der Waals surface area contributed by atoms with Gasteiger partial charge in [-0.2, -0.15) is 0 Å². The molecule has 6 heteroatoms. The van der Waals surface area contributed by atoms with Crippen LogP contribution in [0.1, 0.15) is 20.3 Å². The number of nitrogens with one attached hydrogen (secondary N) is 2. The predicted molar refractivity (Wildman–Crippen MR) is 60.9 cm³/mol. The van der Waals surface area contributed by atoms with Gasteiger partial charge in [0.25, 0.3) is 0 Å². The normalized spacial score (nSPS) is 20.4. The molecule has 0 spiro atoms. The summed E-state index contributed by atoms with van der Waals surface area (Å²) >= 11 is 0. The van der Waals surface area contributed by atoms with Crippen molar-refractivity contribution in [2.45, 2.75) is 25.8 Å². The molecule has 4 N–H and O–H groups in total. The summed E-state index contributed by atoms with van der Waals surface area (Å²) in [5.74, 6) is -0.318. The number of imide groups is 1. The molecule has 1 rings (SSSR count). The van der Waals surface area contributed by atoms with E-state index in [1.54, 1.807) is 0 Å². The zero-order valence-electron chi connectivity index (χ0n) is 9.88. The highest BCUT2D eigenvalue weighted by Crippen LogP contribution is 2.15. The molecule has 0 saturated carbocycles. The maximum Gasteiger partial charge on any atom is 0.318 e. The lowest BCUT2D eigenvalue weighted by Crippen LogP contribution is -2.58. The molecule has 0 unspecified atom stereocenters. The van der Waals surface area contributed by atoms with E-state index in [0.717, 1.165) is 19.6 Å². The van der Waals surface area contributed by atoms with E-state index >= 15 is 0 Å². The molecule has 1 aliphatic rings.